The Morgan fingerprint density at radius 1 is 1.40 bits per heavy atom. The van der Waals surface area contributed by atoms with Gasteiger partial charge in [0.25, 0.3) is 0 Å². The van der Waals surface area contributed by atoms with Gasteiger partial charge in [0.15, 0.2) is 0 Å². The molecule has 0 radical (unpaired) electrons. The lowest BCUT2D eigenvalue weighted by molar-refractivity contribution is 0.333. The summed E-state index contributed by atoms with van der Waals surface area (Å²) in [5, 5.41) is 4.60. The molecule has 1 aromatic rings. The molecule has 1 aromatic heterocycles. The Labute approximate surface area is 93.7 Å². The van der Waals surface area contributed by atoms with E-state index in [0.29, 0.717) is 5.92 Å². The quantitative estimate of drug-likeness (QED) is 0.737. The summed E-state index contributed by atoms with van der Waals surface area (Å²) in [4.78, 5) is 0. The third kappa shape index (κ3) is 2.83. The van der Waals surface area contributed by atoms with Crippen molar-refractivity contribution in [2.45, 2.75) is 65.8 Å². The van der Waals surface area contributed by atoms with Gasteiger partial charge in [-0.25, -0.2) is 0 Å². The second-order valence-corrected chi connectivity index (χ2v) is 5.48. The minimum atomic E-state index is 0.0889. The molecule has 2 nitrogen and oxygen atoms in total. The van der Waals surface area contributed by atoms with Crippen molar-refractivity contribution in [3.8, 4) is 0 Å². The zero-order chi connectivity index (χ0) is 11.6. The van der Waals surface area contributed by atoms with Crippen LogP contribution in [-0.4, -0.2) is 9.78 Å². The van der Waals surface area contributed by atoms with E-state index in [9.17, 15) is 0 Å². The summed E-state index contributed by atoms with van der Waals surface area (Å²) >= 11 is 0. The average Bonchev–Trinajstić information content (AvgIpc) is 2.47. The Morgan fingerprint density at radius 2 is 2.00 bits per heavy atom. The van der Waals surface area contributed by atoms with Crippen molar-refractivity contribution < 1.29 is 0 Å². The Morgan fingerprint density at radius 3 is 2.47 bits per heavy atom. The highest BCUT2D eigenvalue weighted by Gasteiger charge is 2.21. The number of rotatable bonds is 3. The molecule has 0 aliphatic rings. The number of hydrogen-bond acceptors (Lipinski definition) is 1. The van der Waals surface area contributed by atoms with E-state index in [1.807, 2.05) is 0 Å². The molecule has 2 heteroatoms. The van der Waals surface area contributed by atoms with Gasteiger partial charge in [0.2, 0.25) is 0 Å². The fourth-order valence-electron chi connectivity index (χ4n) is 1.99. The molecule has 0 aliphatic heterocycles. The van der Waals surface area contributed by atoms with E-state index in [1.165, 1.54) is 18.5 Å². The first-order valence-corrected chi connectivity index (χ1v) is 5.93. The summed E-state index contributed by atoms with van der Waals surface area (Å²) in [7, 11) is 0. The monoisotopic (exact) mass is 208 g/mol. The van der Waals surface area contributed by atoms with Crippen LogP contribution in [0.2, 0.25) is 0 Å². The van der Waals surface area contributed by atoms with Crippen molar-refractivity contribution in [1.82, 2.24) is 9.78 Å². The van der Waals surface area contributed by atoms with E-state index < -0.39 is 0 Å². The lowest BCUT2D eigenvalue weighted by Gasteiger charge is -2.24. The van der Waals surface area contributed by atoms with Crippen LogP contribution in [0.3, 0.4) is 0 Å². The van der Waals surface area contributed by atoms with Gasteiger partial charge >= 0.3 is 0 Å². The van der Waals surface area contributed by atoms with E-state index in [-0.39, 0.29) is 5.54 Å². The van der Waals surface area contributed by atoms with Gasteiger partial charge in [0.1, 0.15) is 0 Å². The normalized spacial score (nSPS) is 14.3. The minimum absolute atomic E-state index is 0.0889. The highest BCUT2D eigenvalue weighted by molar-refractivity contribution is 5.14. The molecule has 0 aliphatic carbocycles. The molecule has 1 unspecified atom stereocenters. The first kappa shape index (κ1) is 12.3. The summed E-state index contributed by atoms with van der Waals surface area (Å²) < 4.78 is 2.18. The molecular formula is C13H24N2. The van der Waals surface area contributed by atoms with Crippen molar-refractivity contribution >= 4 is 0 Å². The molecule has 0 aromatic carbocycles. The largest absolute Gasteiger partial charge is 0.264 e. The van der Waals surface area contributed by atoms with Crippen LogP contribution in [-0.2, 0) is 5.54 Å². The van der Waals surface area contributed by atoms with Crippen LogP contribution in [0.4, 0.5) is 0 Å². The van der Waals surface area contributed by atoms with Gasteiger partial charge < -0.3 is 0 Å². The third-order valence-corrected chi connectivity index (χ3v) is 2.72. The lowest BCUT2D eigenvalue weighted by Crippen LogP contribution is -2.26. The van der Waals surface area contributed by atoms with Crippen LogP contribution >= 0.6 is 0 Å². The molecule has 0 N–H and O–H groups in total. The van der Waals surface area contributed by atoms with Crippen LogP contribution in [0.15, 0.2) is 6.07 Å². The number of aromatic nitrogens is 2. The van der Waals surface area contributed by atoms with Crippen LogP contribution in [0.1, 0.15) is 64.8 Å². The van der Waals surface area contributed by atoms with Gasteiger partial charge in [-0.3, -0.25) is 4.68 Å². The first-order chi connectivity index (χ1) is 6.86. The average molecular weight is 208 g/mol. The zero-order valence-corrected chi connectivity index (χ0v) is 11.0. The topological polar surface area (TPSA) is 17.8 Å². The smallest absolute Gasteiger partial charge is 0.0596 e. The van der Waals surface area contributed by atoms with Crippen LogP contribution in [0.25, 0.3) is 0 Å². The van der Waals surface area contributed by atoms with Gasteiger partial charge in [-0.05, 0) is 46.1 Å². The van der Waals surface area contributed by atoms with E-state index in [2.05, 4.69) is 57.4 Å². The molecule has 0 saturated heterocycles. The first-order valence-electron chi connectivity index (χ1n) is 5.93. The molecular weight excluding hydrogens is 184 g/mol. The second kappa shape index (κ2) is 4.38. The Bertz CT molecular complexity index is 318. The number of aryl methyl sites for hydroxylation is 1. The van der Waals surface area contributed by atoms with Gasteiger partial charge in [-0.15, -0.1) is 0 Å². The second-order valence-electron chi connectivity index (χ2n) is 5.48. The Hall–Kier alpha value is -0.790. The predicted molar refractivity (Wildman–Crippen MR) is 65.3 cm³/mol. The summed E-state index contributed by atoms with van der Waals surface area (Å²) in [6.45, 7) is 13.2. The molecule has 86 valence electrons. The highest BCUT2D eigenvalue weighted by Crippen LogP contribution is 2.26. The van der Waals surface area contributed by atoms with Crippen LogP contribution < -0.4 is 0 Å². The van der Waals surface area contributed by atoms with E-state index in [1.54, 1.807) is 0 Å². The molecule has 15 heavy (non-hydrogen) atoms. The van der Waals surface area contributed by atoms with Crippen molar-refractivity contribution in [3.63, 3.8) is 0 Å². The van der Waals surface area contributed by atoms with E-state index in [0.717, 1.165) is 5.69 Å². The van der Waals surface area contributed by atoms with Gasteiger partial charge in [-0.1, -0.05) is 20.3 Å². The van der Waals surface area contributed by atoms with Crippen molar-refractivity contribution in [3.05, 3.63) is 17.5 Å². The Balaban J connectivity index is 3.06. The minimum Gasteiger partial charge on any atom is -0.264 e. The Kier molecular flexibility index (Phi) is 3.58. The maximum absolute atomic E-state index is 4.60. The SMILES string of the molecule is CCCC(C)c1cc(C)nn1C(C)(C)C. The fourth-order valence-corrected chi connectivity index (χ4v) is 1.99. The van der Waals surface area contributed by atoms with Gasteiger partial charge in [0.05, 0.1) is 11.2 Å². The number of hydrogen-bond donors (Lipinski definition) is 0. The van der Waals surface area contributed by atoms with Crippen LogP contribution in [0.5, 0.6) is 0 Å². The highest BCUT2D eigenvalue weighted by atomic mass is 15.3. The molecule has 0 saturated carbocycles. The maximum Gasteiger partial charge on any atom is 0.0596 e. The predicted octanol–water partition coefficient (Wildman–Crippen LogP) is 3.85. The molecule has 0 spiro atoms. The van der Waals surface area contributed by atoms with Crippen molar-refractivity contribution in [2.24, 2.45) is 0 Å². The van der Waals surface area contributed by atoms with Crippen molar-refractivity contribution in [2.75, 3.05) is 0 Å². The summed E-state index contributed by atoms with van der Waals surface area (Å²) in [5.74, 6) is 0.607. The van der Waals surface area contributed by atoms with Crippen LogP contribution in [0, 0.1) is 6.92 Å². The van der Waals surface area contributed by atoms with Crippen molar-refractivity contribution in [1.29, 1.82) is 0 Å². The molecule has 1 heterocycles. The van der Waals surface area contributed by atoms with Gasteiger partial charge in [-0.2, -0.15) is 5.10 Å². The molecule has 0 bridgehead atoms. The lowest BCUT2D eigenvalue weighted by atomic mass is 10.00. The fraction of sp³-hybridized carbons (Fsp3) is 0.769. The van der Waals surface area contributed by atoms with E-state index >= 15 is 0 Å². The molecule has 1 rings (SSSR count). The summed E-state index contributed by atoms with van der Waals surface area (Å²) in [6, 6.07) is 2.23. The van der Waals surface area contributed by atoms with Gasteiger partial charge in [0, 0.05) is 5.69 Å². The zero-order valence-electron chi connectivity index (χ0n) is 11.0. The maximum atomic E-state index is 4.60. The summed E-state index contributed by atoms with van der Waals surface area (Å²) in [6.07, 6.45) is 2.47. The summed E-state index contributed by atoms with van der Waals surface area (Å²) in [5.41, 5.74) is 2.59. The molecule has 1 atom stereocenters. The standard InChI is InChI=1S/C13H24N2/c1-7-8-10(2)12-9-11(3)14-15(12)13(4,5)6/h9-10H,7-8H2,1-6H3. The van der Waals surface area contributed by atoms with E-state index in [4.69, 9.17) is 0 Å². The molecule has 0 amide bonds. The molecule has 0 fully saturated rings. The number of nitrogens with zero attached hydrogens (tertiary/aromatic N) is 2. The third-order valence-electron chi connectivity index (χ3n) is 2.72.